The predicted molar refractivity (Wildman–Crippen MR) is 96.4 cm³/mol. The number of aromatic nitrogens is 1. The standard InChI is InChI=1S/C17H20ClN3O3S/c1-20-9-2-10-21-12-15(11-16(21)17(20)22)25(23,24)19-8-7-13-3-5-14(18)6-4-13/h3-6,11-12,19H,2,7-10H2,1H3. The van der Waals surface area contributed by atoms with Crippen LogP contribution in [0.25, 0.3) is 0 Å². The van der Waals surface area contributed by atoms with Gasteiger partial charge in [-0.15, -0.1) is 0 Å². The van der Waals surface area contributed by atoms with Gasteiger partial charge in [0.15, 0.2) is 0 Å². The minimum Gasteiger partial charge on any atom is -0.342 e. The van der Waals surface area contributed by atoms with E-state index in [0.29, 0.717) is 30.2 Å². The largest absolute Gasteiger partial charge is 0.342 e. The fourth-order valence-corrected chi connectivity index (χ4v) is 4.03. The fourth-order valence-electron chi connectivity index (χ4n) is 2.83. The molecule has 2 aromatic rings. The topological polar surface area (TPSA) is 71.4 Å². The van der Waals surface area contributed by atoms with E-state index in [4.69, 9.17) is 11.6 Å². The molecule has 0 aliphatic carbocycles. The molecule has 8 heteroatoms. The number of hydrogen-bond acceptors (Lipinski definition) is 3. The maximum absolute atomic E-state index is 12.5. The van der Waals surface area contributed by atoms with Crippen molar-refractivity contribution in [1.82, 2.24) is 14.2 Å². The number of nitrogens with one attached hydrogen (secondary N) is 1. The Kier molecular flexibility index (Phi) is 5.17. The summed E-state index contributed by atoms with van der Waals surface area (Å²) in [6.07, 6.45) is 2.90. The van der Waals surface area contributed by atoms with Gasteiger partial charge in [-0.1, -0.05) is 23.7 Å². The summed E-state index contributed by atoms with van der Waals surface area (Å²) < 4.78 is 29.3. The van der Waals surface area contributed by atoms with Crippen LogP contribution in [-0.2, 0) is 23.0 Å². The number of nitrogens with zero attached hydrogens (tertiary/aromatic N) is 2. The van der Waals surface area contributed by atoms with Gasteiger partial charge in [-0.3, -0.25) is 4.79 Å². The number of benzene rings is 1. The summed E-state index contributed by atoms with van der Waals surface area (Å²) in [5, 5.41) is 0.647. The monoisotopic (exact) mass is 381 g/mol. The van der Waals surface area contributed by atoms with Gasteiger partial charge < -0.3 is 9.47 Å². The highest BCUT2D eigenvalue weighted by atomic mass is 35.5. The molecule has 1 aromatic carbocycles. The second kappa shape index (κ2) is 7.19. The van der Waals surface area contributed by atoms with Gasteiger partial charge in [0.2, 0.25) is 10.0 Å². The summed E-state index contributed by atoms with van der Waals surface area (Å²) in [7, 11) is -1.93. The van der Waals surface area contributed by atoms with Crippen molar-refractivity contribution >= 4 is 27.5 Å². The van der Waals surface area contributed by atoms with Crippen molar-refractivity contribution in [2.75, 3.05) is 20.1 Å². The Bertz CT molecular complexity index is 875. The summed E-state index contributed by atoms with van der Waals surface area (Å²) in [6, 6.07) is 8.74. The molecule has 0 spiro atoms. The molecule has 1 aromatic heterocycles. The van der Waals surface area contributed by atoms with Gasteiger partial charge in [0.05, 0.1) is 0 Å². The molecule has 1 amide bonds. The second-order valence-electron chi connectivity index (χ2n) is 6.11. The van der Waals surface area contributed by atoms with Crippen LogP contribution in [-0.4, -0.2) is 43.9 Å². The average molecular weight is 382 g/mol. The Hall–Kier alpha value is -1.83. The van der Waals surface area contributed by atoms with Gasteiger partial charge in [-0.2, -0.15) is 0 Å². The molecule has 0 atom stereocenters. The third-order valence-electron chi connectivity index (χ3n) is 4.26. The van der Waals surface area contributed by atoms with E-state index in [1.807, 2.05) is 12.1 Å². The van der Waals surface area contributed by atoms with E-state index < -0.39 is 10.0 Å². The molecule has 25 heavy (non-hydrogen) atoms. The molecule has 134 valence electrons. The fraction of sp³-hybridized carbons (Fsp3) is 0.353. The highest BCUT2D eigenvalue weighted by Crippen LogP contribution is 2.19. The lowest BCUT2D eigenvalue weighted by Gasteiger charge is -2.12. The Morgan fingerprint density at radius 1 is 1.20 bits per heavy atom. The molecule has 2 heterocycles. The van der Waals surface area contributed by atoms with Crippen LogP contribution in [0.3, 0.4) is 0 Å². The van der Waals surface area contributed by atoms with Crippen LogP contribution in [0.15, 0.2) is 41.4 Å². The van der Waals surface area contributed by atoms with Gasteiger partial charge in [0.1, 0.15) is 10.6 Å². The molecular formula is C17H20ClN3O3S. The lowest BCUT2D eigenvalue weighted by atomic mass is 10.2. The van der Waals surface area contributed by atoms with Crippen LogP contribution in [0.1, 0.15) is 22.5 Å². The minimum atomic E-state index is -3.65. The normalized spacial score (nSPS) is 15.1. The smallest absolute Gasteiger partial charge is 0.270 e. The van der Waals surface area contributed by atoms with Crippen LogP contribution < -0.4 is 4.72 Å². The zero-order valence-electron chi connectivity index (χ0n) is 13.9. The van der Waals surface area contributed by atoms with Gasteiger partial charge in [-0.25, -0.2) is 13.1 Å². The number of aryl methyl sites for hydroxylation is 1. The molecule has 0 saturated heterocycles. The molecule has 1 aliphatic heterocycles. The Balaban J connectivity index is 1.70. The first-order valence-corrected chi connectivity index (χ1v) is 9.93. The van der Waals surface area contributed by atoms with E-state index >= 15 is 0 Å². The molecule has 1 N–H and O–H groups in total. The van der Waals surface area contributed by atoms with E-state index in [1.54, 1.807) is 28.6 Å². The van der Waals surface area contributed by atoms with Crippen LogP contribution in [0.5, 0.6) is 0 Å². The molecule has 3 rings (SSSR count). The van der Waals surface area contributed by atoms with Gasteiger partial charge in [0.25, 0.3) is 5.91 Å². The van der Waals surface area contributed by atoms with Gasteiger partial charge in [0, 0.05) is 37.9 Å². The molecule has 0 saturated carbocycles. The SMILES string of the molecule is CN1CCCn2cc(S(=O)(=O)NCCc3ccc(Cl)cc3)cc2C1=O. The van der Waals surface area contributed by atoms with Crippen molar-refractivity contribution < 1.29 is 13.2 Å². The van der Waals surface area contributed by atoms with Crippen LogP contribution in [0.2, 0.25) is 5.02 Å². The number of fused-ring (bicyclic) bond motifs is 1. The van der Waals surface area contributed by atoms with Crippen LogP contribution in [0, 0.1) is 0 Å². The highest BCUT2D eigenvalue weighted by molar-refractivity contribution is 7.89. The summed E-state index contributed by atoms with van der Waals surface area (Å²) in [6.45, 7) is 1.58. The number of carbonyl (C=O) groups excluding carboxylic acids is 1. The Labute approximate surface area is 152 Å². The first-order valence-electron chi connectivity index (χ1n) is 8.06. The Morgan fingerprint density at radius 2 is 1.92 bits per heavy atom. The van der Waals surface area contributed by atoms with Crippen LogP contribution >= 0.6 is 11.6 Å². The Morgan fingerprint density at radius 3 is 2.64 bits per heavy atom. The van der Waals surface area contributed by atoms with E-state index in [2.05, 4.69) is 4.72 Å². The number of carbonyl (C=O) groups is 1. The molecule has 0 bridgehead atoms. The van der Waals surface area contributed by atoms with Crippen molar-refractivity contribution in [2.24, 2.45) is 0 Å². The average Bonchev–Trinajstić information content (AvgIpc) is 2.96. The number of amides is 1. The van der Waals surface area contributed by atoms with Crippen molar-refractivity contribution in [2.45, 2.75) is 24.3 Å². The lowest BCUT2D eigenvalue weighted by molar-refractivity contribution is 0.0796. The van der Waals surface area contributed by atoms with Gasteiger partial charge >= 0.3 is 0 Å². The van der Waals surface area contributed by atoms with E-state index in [0.717, 1.165) is 12.0 Å². The molecule has 6 nitrogen and oxygen atoms in total. The van der Waals surface area contributed by atoms with Crippen LogP contribution in [0.4, 0.5) is 0 Å². The van der Waals surface area contributed by atoms with Gasteiger partial charge in [-0.05, 0) is 36.6 Å². The van der Waals surface area contributed by atoms with Crippen molar-refractivity contribution in [3.63, 3.8) is 0 Å². The van der Waals surface area contributed by atoms with E-state index in [-0.39, 0.29) is 17.3 Å². The zero-order valence-corrected chi connectivity index (χ0v) is 15.5. The molecule has 0 fully saturated rings. The third-order valence-corrected chi connectivity index (χ3v) is 5.94. The highest BCUT2D eigenvalue weighted by Gasteiger charge is 2.25. The quantitative estimate of drug-likeness (QED) is 0.862. The summed E-state index contributed by atoms with van der Waals surface area (Å²) in [4.78, 5) is 14.0. The zero-order chi connectivity index (χ0) is 18.0. The maximum atomic E-state index is 12.5. The lowest BCUT2D eigenvalue weighted by Crippen LogP contribution is -2.27. The first kappa shape index (κ1) is 18.0. The number of rotatable bonds is 5. The molecule has 0 radical (unpaired) electrons. The summed E-state index contributed by atoms with van der Waals surface area (Å²) in [5.41, 5.74) is 1.41. The summed E-state index contributed by atoms with van der Waals surface area (Å²) in [5.74, 6) is -0.153. The van der Waals surface area contributed by atoms with Crippen molar-refractivity contribution in [3.05, 3.63) is 52.8 Å². The number of hydrogen-bond donors (Lipinski definition) is 1. The van der Waals surface area contributed by atoms with Crippen molar-refractivity contribution in [3.8, 4) is 0 Å². The van der Waals surface area contributed by atoms with Crippen molar-refractivity contribution in [1.29, 1.82) is 0 Å². The molecular weight excluding hydrogens is 362 g/mol. The second-order valence-corrected chi connectivity index (χ2v) is 8.31. The maximum Gasteiger partial charge on any atom is 0.270 e. The third kappa shape index (κ3) is 4.05. The first-order chi connectivity index (χ1) is 11.9. The number of sulfonamides is 1. The number of halogens is 1. The van der Waals surface area contributed by atoms with E-state index in [9.17, 15) is 13.2 Å². The predicted octanol–water partition coefficient (Wildman–Crippen LogP) is 2.14. The molecule has 0 unspecified atom stereocenters. The van der Waals surface area contributed by atoms with E-state index in [1.165, 1.54) is 12.3 Å². The summed E-state index contributed by atoms with van der Waals surface area (Å²) >= 11 is 5.84. The molecule has 1 aliphatic rings. The minimum absolute atomic E-state index is 0.127.